The lowest BCUT2D eigenvalue weighted by atomic mass is 9.59. The molecule has 33 heavy (non-hydrogen) atoms. The topological polar surface area (TPSA) is 78.9 Å². The second kappa shape index (κ2) is 12.5. The minimum Gasteiger partial charge on any atom is -0.459 e. The maximum absolute atomic E-state index is 13.2. The molecule has 1 fully saturated rings. The minimum absolute atomic E-state index is 0.208. The first-order valence-electron chi connectivity index (χ1n) is 12.0. The lowest BCUT2D eigenvalue weighted by Crippen LogP contribution is -2.38. The zero-order chi connectivity index (χ0) is 25.4. The molecule has 1 aliphatic carbocycles. The number of aldehydes is 1. The van der Waals surface area contributed by atoms with Crippen LogP contribution in [-0.4, -0.2) is 37.7 Å². The Morgan fingerprint density at radius 1 is 1.27 bits per heavy atom. The molecule has 0 heterocycles. The fraction of sp³-hybridized carbons (Fsp3) is 0.769. The van der Waals surface area contributed by atoms with Gasteiger partial charge in [-0.25, -0.2) is 0 Å². The van der Waals surface area contributed by atoms with Crippen molar-refractivity contribution >= 4 is 19.9 Å². The fourth-order valence-corrected chi connectivity index (χ4v) is 6.08. The molecule has 1 aliphatic rings. The van der Waals surface area contributed by atoms with Crippen molar-refractivity contribution < 1.29 is 27.9 Å². The van der Waals surface area contributed by atoms with Crippen molar-refractivity contribution in [3.8, 4) is 0 Å². The van der Waals surface area contributed by atoms with E-state index < -0.39 is 24.8 Å². The molecule has 0 spiro atoms. The third-order valence-electron chi connectivity index (χ3n) is 7.18. The van der Waals surface area contributed by atoms with Crippen LogP contribution in [0.5, 0.6) is 0 Å². The first kappa shape index (κ1) is 29.8. The van der Waals surface area contributed by atoms with Crippen LogP contribution in [0.2, 0.25) is 0 Å². The Bertz CT molecular complexity index is 757. The number of ether oxygens (including phenoxy) is 1. The summed E-state index contributed by atoms with van der Waals surface area (Å²) in [6, 6.07) is 0. The Kier molecular flexibility index (Phi) is 11.3. The summed E-state index contributed by atoms with van der Waals surface area (Å²) in [4.78, 5) is 23.6. The summed E-state index contributed by atoms with van der Waals surface area (Å²) in [5, 5.41) is 0. The normalized spacial score (nSPS) is 25.6. The molecule has 0 amide bonds. The van der Waals surface area contributed by atoms with Gasteiger partial charge >= 0.3 is 13.6 Å². The first-order chi connectivity index (χ1) is 15.2. The van der Waals surface area contributed by atoms with Crippen molar-refractivity contribution in [1.82, 2.24) is 0 Å². The van der Waals surface area contributed by atoms with Crippen molar-refractivity contribution in [3.05, 3.63) is 23.8 Å². The molecule has 6 nitrogen and oxygen atoms in total. The quantitative estimate of drug-likeness (QED) is 0.130. The SMILES string of the molecule is C=C1[C@@H](C/C=C(\C)CCC=O)CC[C@H](C)[C@@]1(C)CCC(C(=O)OC(C)(C)C)P(=O)(OC)OC. The van der Waals surface area contributed by atoms with Crippen LogP contribution in [0.1, 0.15) is 86.5 Å². The lowest BCUT2D eigenvalue weighted by molar-refractivity contribution is -0.155. The van der Waals surface area contributed by atoms with Gasteiger partial charge in [0.05, 0.1) is 0 Å². The zero-order valence-corrected chi connectivity index (χ0v) is 22.8. The molecular formula is C26H45O6P. The zero-order valence-electron chi connectivity index (χ0n) is 21.9. The van der Waals surface area contributed by atoms with E-state index >= 15 is 0 Å². The second-order valence-electron chi connectivity index (χ2n) is 10.6. The van der Waals surface area contributed by atoms with Crippen LogP contribution in [0.15, 0.2) is 23.8 Å². The Morgan fingerprint density at radius 2 is 1.88 bits per heavy atom. The average Bonchev–Trinajstić information content (AvgIpc) is 2.74. The first-order valence-corrected chi connectivity index (χ1v) is 13.6. The molecular weight excluding hydrogens is 439 g/mol. The highest BCUT2D eigenvalue weighted by Crippen LogP contribution is 2.57. The number of allylic oxidation sites excluding steroid dienone is 3. The lowest BCUT2D eigenvalue weighted by Gasteiger charge is -2.46. The van der Waals surface area contributed by atoms with Gasteiger partial charge in [-0.1, -0.05) is 37.6 Å². The summed E-state index contributed by atoms with van der Waals surface area (Å²) in [5.74, 6) is 0.164. The highest BCUT2D eigenvalue weighted by Gasteiger charge is 2.46. The summed E-state index contributed by atoms with van der Waals surface area (Å²) in [6.07, 6.45) is 8.51. The predicted molar refractivity (Wildman–Crippen MR) is 133 cm³/mol. The predicted octanol–water partition coefficient (Wildman–Crippen LogP) is 6.89. The highest BCUT2D eigenvalue weighted by molar-refractivity contribution is 7.55. The molecule has 0 bridgehead atoms. The number of hydrogen-bond acceptors (Lipinski definition) is 6. The van der Waals surface area contributed by atoms with Gasteiger partial charge in [-0.2, -0.15) is 0 Å². The maximum atomic E-state index is 13.2. The Labute approximate surface area is 201 Å². The van der Waals surface area contributed by atoms with Gasteiger partial charge in [-0.05, 0) is 83.5 Å². The molecule has 0 aromatic carbocycles. The van der Waals surface area contributed by atoms with E-state index in [4.69, 9.17) is 13.8 Å². The van der Waals surface area contributed by atoms with E-state index in [1.165, 1.54) is 25.4 Å². The van der Waals surface area contributed by atoms with E-state index in [9.17, 15) is 14.2 Å². The summed E-state index contributed by atoms with van der Waals surface area (Å²) < 4.78 is 29.2. The molecule has 190 valence electrons. The fourth-order valence-electron chi connectivity index (χ4n) is 4.67. The molecule has 0 radical (unpaired) electrons. The number of carbonyl (C=O) groups excluding carboxylic acids is 2. The molecule has 0 N–H and O–H groups in total. The van der Waals surface area contributed by atoms with E-state index in [0.29, 0.717) is 31.1 Å². The molecule has 4 atom stereocenters. The van der Waals surface area contributed by atoms with Gasteiger partial charge < -0.3 is 18.6 Å². The van der Waals surface area contributed by atoms with Crippen LogP contribution >= 0.6 is 7.60 Å². The number of rotatable bonds is 12. The summed E-state index contributed by atoms with van der Waals surface area (Å²) in [6.45, 7) is 16.3. The third kappa shape index (κ3) is 8.19. The van der Waals surface area contributed by atoms with Gasteiger partial charge in [0.25, 0.3) is 0 Å². The van der Waals surface area contributed by atoms with Crippen LogP contribution < -0.4 is 0 Å². The molecule has 0 aromatic rings. The van der Waals surface area contributed by atoms with Gasteiger partial charge in [0.15, 0.2) is 5.66 Å². The average molecular weight is 485 g/mol. The number of carbonyl (C=O) groups is 2. The maximum Gasteiger partial charge on any atom is 0.344 e. The summed E-state index contributed by atoms with van der Waals surface area (Å²) in [7, 11) is -1.05. The highest BCUT2D eigenvalue weighted by atomic mass is 31.2. The van der Waals surface area contributed by atoms with Crippen molar-refractivity contribution in [3.63, 3.8) is 0 Å². The van der Waals surface area contributed by atoms with Crippen LogP contribution in [0.25, 0.3) is 0 Å². The van der Waals surface area contributed by atoms with Crippen molar-refractivity contribution in [2.24, 2.45) is 17.3 Å². The number of hydrogen-bond donors (Lipinski definition) is 0. The van der Waals surface area contributed by atoms with Gasteiger partial charge in [0.1, 0.15) is 11.9 Å². The van der Waals surface area contributed by atoms with Crippen LogP contribution in [0.3, 0.4) is 0 Å². The molecule has 1 saturated carbocycles. The van der Waals surface area contributed by atoms with Gasteiger partial charge in [-0.3, -0.25) is 9.36 Å². The van der Waals surface area contributed by atoms with Crippen molar-refractivity contribution in [2.75, 3.05) is 14.2 Å². The Hall–Kier alpha value is -1.23. The van der Waals surface area contributed by atoms with Crippen LogP contribution in [0.4, 0.5) is 0 Å². The summed E-state index contributed by atoms with van der Waals surface area (Å²) in [5.41, 5.74) is 0.496. The van der Waals surface area contributed by atoms with E-state index in [1.54, 1.807) is 20.8 Å². The largest absolute Gasteiger partial charge is 0.459 e. The van der Waals surface area contributed by atoms with E-state index in [-0.39, 0.29) is 5.41 Å². The van der Waals surface area contributed by atoms with E-state index in [0.717, 1.165) is 32.0 Å². The molecule has 7 heteroatoms. The smallest absolute Gasteiger partial charge is 0.344 e. The van der Waals surface area contributed by atoms with E-state index in [2.05, 4.69) is 33.4 Å². The second-order valence-corrected chi connectivity index (χ2v) is 13.0. The van der Waals surface area contributed by atoms with E-state index in [1.807, 2.05) is 0 Å². The molecule has 0 aromatic heterocycles. The standard InChI is InChI=1S/C26H45O6P/c1-19(11-10-18-27)12-14-22-15-13-20(2)26(7,21(22)3)17-16-23(33(29,30-8)31-9)24(28)32-25(4,5)6/h12,18,20,22-23H,3,10-11,13-17H2,1-2,4-9H3/b19-12+/t20-,22-,23?,26+/m0/s1. The monoisotopic (exact) mass is 484 g/mol. The summed E-state index contributed by atoms with van der Waals surface area (Å²) >= 11 is 0. The molecule has 0 saturated heterocycles. The minimum atomic E-state index is -3.66. The van der Waals surface area contributed by atoms with Gasteiger partial charge in [0, 0.05) is 20.6 Å². The van der Waals surface area contributed by atoms with Crippen molar-refractivity contribution in [2.45, 2.75) is 97.7 Å². The van der Waals surface area contributed by atoms with Gasteiger partial charge in [0.2, 0.25) is 0 Å². The Morgan fingerprint density at radius 3 is 2.39 bits per heavy atom. The molecule has 1 rings (SSSR count). The Balaban J connectivity index is 3.07. The third-order valence-corrected chi connectivity index (χ3v) is 9.43. The molecule has 1 unspecified atom stereocenters. The van der Waals surface area contributed by atoms with Crippen LogP contribution in [0, 0.1) is 17.3 Å². The number of esters is 1. The molecule has 0 aliphatic heterocycles. The van der Waals surface area contributed by atoms with Crippen LogP contribution in [-0.2, 0) is 27.9 Å². The van der Waals surface area contributed by atoms with Gasteiger partial charge in [-0.15, -0.1) is 0 Å². The van der Waals surface area contributed by atoms with Crippen molar-refractivity contribution in [1.29, 1.82) is 0 Å².